The van der Waals surface area contributed by atoms with Crippen molar-refractivity contribution < 1.29 is 22.7 Å². The van der Waals surface area contributed by atoms with E-state index in [0.717, 1.165) is 36.4 Å². The van der Waals surface area contributed by atoms with E-state index in [1.165, 1.54) is 42.3 Å². The Morgan fingerprint density at radius 2 is 1.62 bits per heavy atom. The van der Waals surface area contributed by atoms with Crippen molar-refractivity contribution in [1.82, 2.24) is 10.2 Å². The fourth-order valence-electron chi connectivity index (χ4n) is 5.02. The van der Waals surface area contributed by atoms with Gasteiger partial charge < -0.3 is 15.0 Å². The second-order valence-corrected chi connectivity index (χ2v) is 13.0. The molecular weight excluding hydrogens is 597 g/mol. The monoisotopic (exact) mass is 631 g/mol. The summed E-state index contributed by atoms with van der Waals surface area (Å²) in [6.45, 7) is 1.08. The molecule has 0 heterocycles. The molecule has 0 unspecified atom stereocenters. The molecule has 0 bridgehead atoms. The number of hydrogen-bond donors (Lipinski definition) is 1. The molecule has 1 N–H and O–H groups in total. The minimum atomic E-state index is -4.21. The molecule has 224 valence electrons. The van der Waals surface area contributed by atoms with Gasteiger partial charge in [-0.15, -0.1) is 0 Å². The zero-order chi connectivity index (χ0) is 30.3. The van der Waals surface area contributed by atoms with E-state index in [0.29, 0.717) is 16.3 Å². The topological polar surface area (TPSA) is 96.0 Å². The Morgan fingerprint density at radius 3 is 2.26 bits per heavy atom. The second-order valence-electron chi connectivity index (χ2n) is 10.3. The lowest BCUT2D eigenvalue weighted by Crippen LogP contribution is -2.53. The molecule has 1 saturated carbocycles. The Hall–Kier alpha value is -3.27. The van der Waals surface area contributed by atoms with Crippen molar-refractivity contribution in [3.05, 3.63) is 88.4 Å². The van der Waals surface area contributed by atoms with E-state index in [1.54, 1.807) is 49.4 Å². The first-order valence-corrected chi connectivity index (χ1v) is 16.1. The second kappa shape index (κ2) is 14.3. The molecule has 8 nitrogen and oxygen atoms in total. The predicted molar refractivity (Wildman–Crippen MR) is 165 cm³/mol. The number of ether oxygens (including phenoxy) is 1. The summed E-state index contributed by atoms with van der Waals surface area (Å²) < 4.78 is 34.1. The van der Waals surface area contributed by atoms with Crippen LogP contribution < -0.4 is 14.4 Å². The lowest BCUT2D eigenvalue weighted by atomic mass is 9.95. The molecule has 1 atom stereocenters. The molecule has 42 heavy (non-hydrogen) atoms. The predicted octanol–water partition coefficient (Wildman–Crippen LogP) is 6.06. The van der Waals surface area contributed by atoms with Crippen LogP contribution in [0.1, 0.15) is 44.6 Å². The van der Waals surface area contributed by atoms with E-state index in [-0.39, 0.29) is 34.1 Å². The van der Waals surface area contributed by atoms with E-state index < -0.39 is 28.5 Å². The van der Waals surface area contributed by atoms with Crippen molar-refractivity contribution in [2.24, 2.45) is 0 Å². The maximum atomic E-state index is 14.1. The molecule has 3 aromatic carbocycles. The standard InChI is InChI=1S/C31H35Cl2N3O5S/c1-22(31(38)34-24-12-5-3-6-13-24)35(20-23-11-9-10-16-27(23)32)30(37)21-36(25-17-18-29(41-2)28(33)19-25)42(39,40)26-14-7-4-8-15-26/h4,7-11,14-19,22,24H,3,5-6,12-13,20-21H2,1-2H3,(H,34,38)/t22-/m0/s1. The number of sulfonamides is 1. The number of benzene rings is 3. The lowest BCUT2D eigenvalue weighted by molar-refractivity contribution is -0.139. The van der Waals surface area contributed by atoms with Crippen molar-refractivity contribution in [1.29, 1.82) is 0 Å². The van der Waals surface area contributed by atoms with Gasteiger partial charge in [0.25, 0.3) is 10.0 Å². The molecule has 0 spiro atoms. The van der Waals surface area contributed by atoms with Gasteiger partial charge in [0, 0.05) is 17.6 Å². The number of halogens is 2. The molecule has 4 rings (SSSR count). The normalized spacial score (nSPS) is 14.6. The van der Waals surface area contributed by atoms with Gasteiger partial charge in [0.05, 0.1) is 22.7 Å². The van der Waals surface area contributed by atoms with Gasteiger partial charge in [0.15, 0.2) is 0 Å². The highest BCUT2D eigenvalue weighted by atomic mass is 35.5. The summed E-state index contributed by atoms with van der Waals surface area (Å²) >= 11 is 12.8. The van der Waals surface area contributed by atoms with Crippen molar-refractivity contribution in [3.8, 4) is 5.75 Å². The summed E-state index contributed by atoms with van der Waals surface area (Å²) in [7, 11) is -2.76. The fraction of sp³-hybridized carbons (Fsp3) is 0.355. The zero-order valence-corrected chi connectivity index (χ0v) is 26.0. The number of methoxy groups -OCH3 is 1. The third-order valence-corrected chi connectivity index (χ3v) is 9.90. The summed E-state index contributed by atoms with van der Waals surface area (Å²) in [6, 6.07) is 18.5. The number of nitrogens with one attached hydrogen (secondary N) is 1. The molecule has 0 aromatic heterocycles. The number of carbonyl (C=O) groups excluding carboxylic acids is 2. The first-order valence-electron chi connectivity index (χ1n) is 13.9. The average molecular weight is 633 g/mol. The molecule has 0 aliphatic heterocycles. The van der Waals surface area contributed by atoms with Crippen molar-refractivity contribution in [3.63, 3.8) is 0 Å². The van der Waals surface area contributed by atoms with Crippen LogP contribution in [0.25, 0.3) is 0 Å². The minimum absolute atomic E-state index is 0.00508. The maximum Gasteiger partial charge on any atom is 0.264 e. The Morgan fingerprint density at radius 1 is 0.952 bits per heavy atom. The number of carbonyl (C=O) groups is 2. The fourth-order valence-corrected chi connectivity index (χ4v) is 6.89. The van der Waals surface area contributed by atoms with Gasteiger partial charge in [-0.2, -0.15) is 0 Å². The minimum Gasteiger partial charge on any atom is -0.495 e. The molecule has 1 aliphatic rings. The van der Waals surface area contributed by atoms with Gasteiger partial charge in [-0.05, 0) is 61.7 Å². The highest BCUT2D eigenvalue weighted by molar-refractivity contribution is 7.92. The van der Waals surface area contributed by atoms with E-state index in [4.69, 9.17) is 27.9 Å². The third-order valence-electron chi connectivity index (χ3n) is 7.45. The third kappa shape index (κ3) is 7.56. The Labute approximate surface area is 257 Å². The number of hydrogen-bond acceptors (Lipinski definition) is 5. The van der Waals surface area contributed by atoms with Gasteiger partial charge in [-0.3, -0.25) is 13.9 Å². The SMILES string of the molecule is COc1ccc(N(CC(=O)N(Cc2ccccc2Cl)[C@@H](C)C(=O)NC2CCCCC2)S(=O)(=O)c2ccccc2)cc1Cl. The van der Waals surface area contributed by atoms with Gasteiger partial charge in [0.2, 0.25) is 11.8 Å². The van der Waals surface area contributed by atoms with Crippen LogP contribution in [0, 0.1) is 0 Å². The molecule has 11 heteroatoms. The van der Waals surface area contributed by atoms with E-state index in [9.17, 15) is 18.0 Å². The first-order chi connectivity index (χ1) is 20.1. The number of rotatable bonds is 11. The molecule has 2 amide bonds. The Balaban J connectivity index is 1.70. The van der Waals surface area contributed by atoms with E-state index >= 15 is 0 Å². The molecule has 0 radical (unpaired) electrons. The van der Waals surface area contributed by atoms with Crippen LogP contribution in [0.15, 0.2) is 77.7 Å². The van der Waals surface area contributed by atoms with Crippen LogP contribution in [0.3, 0.4) is 0 Å². The maximum absolute atomic E-state index is 14.1. The largest absolute Gasteiger partial charge is 0.495 e. The van der Waals surface area contributed by atoms with E-state index in [1.807, 2.05) is 0 Å². The zero-order valence-electron chi connectivity index (χ0n) is 23.6. The van der Waals surface area contributed by atoms with Gasteiger partial charge in [-0.25, -0.2) is 8.42 Å². The highest BCUT2D eigenvalue weighted by Crippen LogP contribution is 2.32. The van der Waals surface area contributed by atoms with Gasteiger partial charge >= 0.3 is 0 Å². The highest BCUT2D eigenvalue weighted by Gasteiger charge is 2.33. The van der Waals surface area contributed by atoms with Crippen LogP contribution in [0.2, 0.25) is 10.0 Å². The molecule has 0 saturated heterocycles. The summed E-state index contributed by atoms with van der Waals surface area (Å²) in [5, 5.41) is 3.71. The number of nitrogens with zero attached hydrogens (tertiary/aromatic N) is 2. The van der Waals surface area contributed by atoms with Crippen LogP contribution >= 0.6 is 23.2 Å². The summed E-state index contributed by atoms with van der Waals surface area (Å²) in [5.41, 5.74) is 0.810. The van der Waals surface area contributed by atoms with Crippen LogP contribution in [-0.4, -0.2) is 50.9 Å². The Bertz CT molecular complexity index is 1500. The van der Waals surface area contributed by atoms with Gasteiger partial charge in [-0.1, -0.05) is 78.9 Å². The van der Waals surface area contributed by atoms with Gasteiger partial charge in [0.1, 0.15) is 18.3 Å². The molecule has 1 fully saturated rings. The van der Waals surface area contributed by atoms with Crippen LogP contribution in [0.5, 0.6) is 5.75 Å². The Kier molecular flexibility index (Phi) is 10.8. The van der Waals surface area contributed by atoms with Crippen molar-refractivity contribution >= 4 is 50.7 Å². The van der Waals surface area contributed by atoms with Crippen molar-refractivity contribution in [2.75, 3.05) is 18.0 Å². The molecule has 1 aliphatic carbocycles. The quantitative estimate of drug-likeness (QED) is 0.277. The first kappa shape index (κ1) is 31.7. The van der Waals surface area contributed by atoms with Crippen LogP contribution in [0.4, 0.5) is 5.69 Å². The van der Waals surface area contributed by atoms with E-state index in [2.05, 4.69) is 5.32 Å². The van der Waals surface area contributed by atoms with Crippen LogP contribution in [-0.2, 0) is 26.2 Å². The lowest BCUT2D eigenvalue weighted by Gasteiger charge is -2.33. The molecule has 3 aromatic rings. The number of amides is 2. The smallest absolute Gasteiger partial charge is 0.264 e. The average Bonchev–Trinajstić information content (AvgIpc) is 2.99. The summed E-state index contributed by atoms with van der Waals surface area (Å²) in [6.07, 6.45) is 4.99. The summed E-state index contributed by atoms with van der Waals surface area (Å²) in [4.78, 5) is 28.9. The van der Waals surface area contributed by atoms with Crippen molar-refractivity contribution in [2.45, 2.75) is 62.6 Å². The summed E-state index contributed by atoms with van der Waals surface area (Å²) in [5.74, 6) is -0.517. The molecular formula is C31H35Cl2N3O5S. The number of anilines is 1.